The molecular weight excluding hydrogens is 218 g/mol. The molecule has 1 aliphatic carbocycles. The standard InChI is InChI=1S/C17H21N/c1-18-17-9-5-4-8-16(17)15-11-10-13-6-2-3-7-14(13)12-15/h2-3,6-7,10-12,16-18H,4-5,8-9H2,1H3. The Morgan fingerprint density at radius 3 is 2.56 bits per heavy atom. The van der Waals surface area contributed by atoms with Gasteiger partial charge in [-0.2, -0.15) is 0 Å². The minimum absolute atomic E-state index is 0.653. The number of fused-ring (bicyclic) bond motifs is 1. The maximum Gasteiger partial charge on any atom is 0.0133 e. The molecule has 2 atom stereocenters. The summed E-state index contributed by atoms with van der Waals surface area (Å²) in [5, 5.41) is 6.22. The molecule has 0 radical (unpaired) electrons. The Hall–Kier alpha value is -1.34. The van der Waals surface area contributed by atoms with Gasteiger partial charge in [-0.25, -0.2) is 0 Å². The molecule has 3 rings (SSSR count). The number of rotatable bonds is 2. The minimum Gasteiger partial charge on any atom is -0.316 e. The highest BCUT2D eigenvalue weighted by molar-refractivity contribution is 5.83. The number of hydrogen-bond donors (Lipinski definition) is 1. The van der Waals surface area contributed by atoms with E-state index in [0.717, 1.165) is 0 Å². The highest BCUT2D eigenvalue weighted by Gasteiger charge is 2.24. The zero-order valence-corrected chi connectivity index (χ0v) is 11.0. The fourth-order valence-electron chi connectivity index (χ4n) is 3.31. The van der Waals surface area contributed by atoms with Crippen molar-refractivity contribution in [3.05, 3.63) is 48.0 Å². The predicted octanol–water partition coefficient (Wildman–Crippen LogP) is 4.09. The molecule has 1 aliphatic rings. The summed E-state index contributed by atoms with van der Waals surface area (Å²) < 4.78 is 0. The van der Waals surface area contributed by atoms with Crippen LogP contribution in [0.3, 0.4) is 0 Å². The lowest BCUT2D eigenvalue weighted by Gasteiger charge is -2.31. The lowest BCUT2D eigenvalue weighted by molar-refractivity contribution is 0.344. The molecular formula is C17H21N. The van der Waals surface area contributed by atoms with E-state index in [1.165, 1.54) is 42.0 Å². The van der Waals surface area contributed by atoms with Gasteiger partial charge in [-0.05, 0) is 42.1 Å². The average Bonchev–Trinajstić information content (AvgIpc) is 2.46. The van der Waals surface area contributed by atoms with Crippen LogP contribution in [0.15, 0.2) is 42.5 Å². The van der Waals surface area contributed by atoms with Crippen LogP contribution in [0.4, 0.5) is 0 Å². The van der Waals surface area contributed by atoms with Gasteiger partial charge in [-0.1, -0.05) is 55.3 Å². The van der Waals surface area contributed by atoms with Crippen molar-refractivity contribution in [2.45, 2.75) is 37.6 Å². The highest BCUT2D eigenvalue weighted by Crippen LogP contribution is 2.34. The quantitative estimate of drug-likeness (QED) is 0.832. The number of likely N-dealkylation sites (N-methyl/N-ethyl adjacent to an activating group) is 1. The molecule has 0 saturated heterocycles. The Bertz CT molecular complexity index is 532. The minimum atomic E-state index is 0.653. The van der Waals surface area contributed by atoms with E-state index in [4.69, 9.17) is 0 Å². The predicted molar refractivity (Wildman–Crippen MR) is 78.0 cm³/mol. The smallest absolute Gasteiger partial charge is 0.0133 e. The fourth-order valence-corrected chi connectivity index (χ4v) is 3.31. The van der Waals surface area contributed by atoms with E-state index in [-0.39, 0.29) is 0 Å². The summed E-state index contributed by atoms with van der Waals surface area (Å²) >= 11 is 0. The zero-order valence-electron chi connectivity index (χ0n) is 11.0. The third kappa shape index (κ3) is 2.15. The van der Waals surface area contributed by atoms with Gasteiger partial charge in [0.2, 0.25) is 0 Å². The Morgan fingerprint density at radius 1 is 0.944 bits per heavy atom. The third-order valence-electron chi connectivity index (χ3n) is 4.34. The van der Waals surface area contributed by atoms with Crippen LogP contribution in [0.1, 0.15) is 37.2 Å². The Balaban J connectivity index is 1.97. The van der Waals surface area contributed by atoms with E-state index in [9.17, 15) is 0 Å². The van der Waals surface area contributed by atoms with Crippen molar-refractivity contribution in [1.82, 2.24) is 5.32 Å². The molecule has 0 aliphatic heterocycles. The molecule has 18 heavy (non-hydrogen) atoms. The summed E-state index contributed by atoms with van der Waals surface area (Å²) in [6.07, 6.45) is 5.38. The summed E-state index contributed by atoms with van der Waals surface area (Å²) in [5.74, 6) is 0.688. The molecule has 0 amide bonds. The van der Waals surface area contributed by atoms with Crippen molar-refractivity contribution < 1.29 is 0 Å². The second kappa shape index (κ2) is 5.11. The molecule has 0 spiro atoms. The lowest BCUT2D eigenvalue weighted by atomic mass is 9.79. The molecule has 1 nitrogen and oxygen atoms in total. The van der Waals surface area contributed by atoms with Crippen LogP contribution >= 0.6 is 0 Å². The monoisotopic (exact) mass is 239 g/mol. The summed E-state index contributed by atoms with van der Waals surface area (Å²) in [6.45, 7) is 0. The van der Waals surface area contributed by atoms with Crippen molar-refractivity contribution in [2.24, 2.45) is 0 Å². The molecule has 2 aromatic rings. The van der Waals surface area contributed by atoms with E-state index >= 15 is 0 Å². The van der Waals surface area contributed by atoms with Gasteiger partial charge in [-0.15, -0.1) is 0 Å². The molecule has 0 aromatic heterocycles. The number of hydrogen-bond acceptors (Lipinski definition) is 1. The number of nitrogens with one attached hydrogen (secondary N) is 1. The van der Waals surface area contributed by atoms with Crippen LogP contribution in [-0.4, -0.2) is 13.1 Å². The molecule has 0 heterocycles. The average molecular weight is 239 g/mol. The van der Waals surface area contributed by atoms with Crippen molar-refractivity contribution in [3.63, 3.8) is 0 Å². The summed E-state index contributed by atoms with van der Waals surface area (Å²) in [4.78, 5) is 0. The Kier molecular flexibility index (Phi) is 3.33. The maximum absolute atomic E-state index is 3.50. The van der Waals surface area contributed by atoms with Gasteiger partial charge in [0, 0.05) is 6.04 Å². The first kappa shape index (κ1) is 11.7. The van der Waals surface area contributed by atoms with Crippen LogP contribution in [0.2, 0.25) is 0 Å². The van der Waals surface area contributed by atoms with Gasteiger partial charge in [-0.3, -0.25) is 0 Å². The second-order valence-electron chi connectivity index (χ2n) is 5.39. The molecule has 2 unspecified atom stereocenters. The van der Waals surface area contributed by atoms with E-state index in [1.807, 2.05) is 0 Å². The van der Waals surface area contributed by atoms with Gasteiger partial charge in [0.05, 0.1) is 0 Å². The Morgan fingerprint density at radius 2 is 1.72 bits per heavy atom. The van der Waals surface area contributed by atoms with Crippen LogP contribution in [0.5, 0.6) is 0 Å². The van der Waals surface area contributed by atoms with Crippen LogP contribution in [0, 0.1) is 0 Å². The maximum atomic E-state index is 3.50. The first-order chi connectivity index (χ1) is 8.88. The molecule has 1 saturated carbocycles. The lowest BCUT2D eigenvalue weighted by Crippen LogP contribution is -2.34. The van der Waals surface area contributed by atoms with E-state index in [0.29, 0.717) is 12.0 Å². The topological polar surface area (TPSA) is 12.0 Å². The van der Waals surface area contributed by atoms with Crippen molar-refractivity contribution in [1.29, 1.82) is 0 Å². The van der Waals surface area contributed by atoms with Crippen molar-refractivity contribution >= 4 is 10.8 Å². The van der Waals surface area contributed by atoms with Crippen LogP contribution in [-0.2, 0) is 0 Å². The van der Waals surface area contributed by atoms with Gasteiger partial charge >= 0.3 is 0 Å². The van der Waals surface area contributed by atoms with Gasteiger partial charge in [0.1, 0.15) is 0 Å². The summed E-state index contributed by atoms with van der Waals surface area (Å²) in [7, 11) is 2.10. The molecule has 2 aromatic carbocycles. The summed E-state index contributed by atoms with van der Waals surface area (Å²) in [6, 6.07) is 16.3. The molecule has 94 valence electrons. The fraction of sp³-hybridized carbons (Fsp3) is 0.412. The highest BCUT2D eigenvalue weighted by atomic mass is 14.9. The molecule has 1 fully saturated rings. The third-order valence-corrected chi connectivity index (χ3v) is 4.34. The molecule has 0 bridgehead atoms. The van der Waals surface area contributed by atoms with Gasteiger partial charge < -0.3 is 5.32 Å². The van der Waals surface area contributed by atoms with Crippen LogP contribution < -0.4 is 5.32 Å². The first-order valence-electron chi connectivity index (χ1n) is 7.04. The van der Waals surface area contributed by atoms with Gasteiger partial charge in [0.25, 0.3) is 0 Å². The van der Waals surface area contributed by atoms with Crippen molar-refractivity contribution in [2.75, 3.05) is 7.05 Å². The first-order valence-corrected chi connectivity index (χ1v) is 7.04. The largest absolute Gasteiger partial charge is 0.316 e. The van der Waals surface area contributed by atoms with Gasteiger partial charge in [0.15, 0.2) is 0 Å². The normalized spacial score (nSPS) is 24.3. The second-order valence-corrected chi connectivity index (χ2v) is 5.39. The zero-order chi connectivity index (χ0) is 12.4. The Labute approximate surface area is 109 Å². The molecule has 1 N–H and O–H groups in total. The van der Waals surface area contributed by atoms with Crippen LogP contribution in [0.25, 0.3) is 10.8 Å². The van der Waals surface area contributed by atoms with E-state index < -0.39 is 0 Å². The van der Waals surface area contributed by atoms with E-state index in [2.05, 4.69) is 54.8 Å². The van der Waals surface area contributed by atoms with Crippen molar-refractivity contribution in [3.8, 4) is 0 Å². The summed E-state index contributed by atoms with van der Waals surface area (Å²) in [5.41, 5.74) is 1.51. The van der Waals surface area contributed by atoms with E-state index in [1.54, 1.807) is 0 Å². The SMILES string of the molecule is CNC1CCCCC1c1ccc2ccccc2c1. The molecule has 1 heteroatoms. The number of benzene rings is 2.